The molecule has 7 heteroatoms. The van der Waals surface area contributed by atoms with Gasteiger partial charge in [0.1, 0.15) is 10.7 Å². The monoisotopic (exact) mass is 279 g/mol. The highest BCUT2D eigenvalue weighted by atomic mass is 35.5. The Labute approximate surface area is 104 Å². The van der Waals surface area contributed by atoms with Gasteiger partial charge in [0.15, 0.2) is 0 Å². The molecule has 0 N–H and O–H groups in total. The number of morpholine rings is 1. The Morgan fingerprint density at radius 1 is 1.29 bits per heavy atom. The van der Waals surface area contributed by atoms with Crippen molar-refractivity contribution in [2.75, 3.05) is 26.3 Å². The first-order chi connectivity index (χ1) is 8.01. The summed E-state index contributed by atoms with van der Waals surface area (Å²) in [6.45, 7) is 1.10. The fourth-order valence-electron chi connectivity index (χ4n) is 1.60. The highest BCUT2D eigenvalue weighted by Crippen LogP contribution is 2.23. The maximum atomic E-state index is 13.5. The first-order valence-electron chi connectivity index (χ1n) is 5.05. The number of rotatable bonds is 2. The molecule has 0 bridgehead atoms. The third kappa shape index (κ3) is 2.60. The molecule has 1 saturated heterocycles. The van der Waals surface area contributed by atoms with E-state index in [2.05, 4.69) is 0 Å². The van der Waals surface area contributed by atoms with Gasteiger partial charge < -0.3 is 4.74 Å². The van der Waals surface area contributed by atoms with Crippen LogP contribution in [0.1, 0.15) is 0 Å². The van der Waals surface area contributed by atoms with Gasteiger partial charge in [-0.2, -0.15) is 4.31 Å². The summed E-state index contributed by atoms with van der Waals surface area (Å²) >= 11 is 5.69. The van der Waals surface area contributed by atoms with Gasteiger partial charge in [0.25, 0.3) is 0 Å². The van der Waals surface area contributed by atoms with E-state index < -0.39 is 15.8 Å². The van der Waals surface area contributed by atoms with E-state index in [4.69, 9.17) is 16.3 Å². The number of benzene rings is 1. The third-order valence-corrected chi connectivity index (χ3v) is 4.63. The van der Waals surface area contributed by atoms with E-state index in [1.54, 1.807) is 0 Å². The summed E-state index contributed by atoms with van der Waals surface area (Å²) in [7, 11) is -3.82. The summed E-state index contributed by atoms with van der Waals surface area (Å²) < 4.78 is 44.0. The Balaban J connectivity index is 2.40. The molecular weight excluding hydrogens is 269 g/mol. The van der Waals surface area contributed by atoms with Gasteiger partial charge in [-0.3, -0.25) is 0 Å². The fraction of sp³-hybridized carbons (Fsp3) is 0.400. The van der Waals surface area contributed by atoms with Crippen molar-refractivity contribution in [2.45, 2.75) is 4.90 Å². The highest BCUT2D eigenvalue weighted by molar-refractivity contribution is 7.89. The second-order valence-electron chi connectivity index (χ2n) is 3.59. The zero-order valence-electron chi connectivity index (χ0n) is 8.90. The molecule has 17 heavy (non-hydrogen) atoms. The van der Waals surface area contributed by atoms with Crippen molar-refractivity contribution in [3.05, 3.63) is 29.0 Å². The van der Waals surface area contributed by atoms with Crippen LogP contribution in [-0.4, -0.2) is 39.0 Å². The Bertz CT molecular complexity index is 514. The molecule has 0 amide bonds. The molecule has 0 atom stereocenters. The Hall–Kier alpha value is -0.690. The number of nitrogens with zero attached hydrogens (tertiary/aromatic N) is 1. The predicted molar refractivity (Wildman–Crippen MR) is 61.0 cm³/mol. The highest BCUT2D eigenvalue weighted by Gasteiger charge is 2.28. The van der Waals surface area contributed by atoms with E-state index in [0.717, 1.165) is 12.1 Å². The molecule has 1 aliphatic heterocycles. The van der Waals surface area contributed by atoms with Crippen LogP contribution >= 0.6 is 11.6 Å². The minimum Gasteiger partial charge on any atom is -0.379 e. The van der Waals surface area contributed by atoms with Crippen LogP contribution in [0.3, 0.4) is 0 Å². The Kier molecular flexibility index (Phi) is 3.67. The summed E-state index contributed by atoms with van der Waals surface area (Å²) in [5.74, 6) is -0.791. The first-order valence-corrected chi connectivity index (χ1v) is 6.86. The van der Waals surface area contributed by atoms with E-state index in [9.17, 15) is 12.8 Å². The summed E-state index contributed by atoms with van der Waals surface area (Å²) in [6, 6.07) is 3.49. The average molecular weight is 280 g/mol. The molecule has 0 radical (unpaired) electrons. The molecule has 4 nitrogen and oxygen atoms in total. The number of sulfonamides is 1. The van der Waals surface area contributed by atoms with Gasteiger partial charge in [0.05, 0.1) is 13.2 Å². The van der Waals surface area contributed by atoms with E-state index >= 15 is 0 Å². The molecule has 1 aliphatic rings. The van der Waals surface area contributed by atoms with Crippen molar-refractivity contribution in [3.63, 3.8) is 0 Å². The molecule has 1 aromatic carbocycles. The minimum atomic E-state index is -3.82. The normalized spacial score (nSPS) is 18.2. The largest absolute Gasteiger partial charge is 0.379 e. The summed E-state index contributed by atoms with van der Waals surface area (Å²) in [5.41, 5.74) is 0. The van der Waals surface area contributed by atoms with Gasteiger partial charge in [0, 0.05) is 18.1 Å². The first kappa shape index (κ1) is 12.8. The molecule has 1 heterocycles. The standard InChI is InChI=1S/C10H11ClFNO3S/c11-8-1-2-9(12)10(7-8)17(14,15)13-3-5-16-6-4-13/h1-2,7H,3-6H2. The maximum absolute atomic E-state index is 13.5. The zero-order valence-corrected chi connectivity index (χ0v) is 10.5. The topological polar surface area (TPSA) is 46.6 Å². The van der Waals surface area contributed by atoms with Gasteiger partial charge in [-0.1, -0.05) is 11.6 Å². The van der Waals surface area contributed by atoms with Gasteiger partial charge >= 0.3 is 0 Å². The van der Waals surface area contributed by atoms with E-state index in [0.29, 0.717) is 13.2 Å². The predicted octanol–water partition coefficient (Wildman–Crippen LogP) is 1.50. The summed E-state index contributed by atoms with van der Waals surface area (Å²) in [4.78, 5) is -0.382. The van der Waals surface area contributed by atoms with Crippen LogP contribution in [-0.2, 0) is 14.8 Å². The molecule has 0 unspecified atom stereocenters. The average Bonchev–Trinajstić information content (AvgIpc) is 2.33. The molecule has 94 valence electrons. The van der Waals surface area contributed by atoms with E-state index in [1.165, 1.54) is 10.4 Å². The number of halogens is 2. The van der Waals surface area contributed by atoms with Gasteiger partial charge in [-0.25, -0.2) is 12.8 Å². The van der Waals surface area contributed by atoms with Crippen LogP contribution in [0.15, 0.2) is 23.1 Å². The second kappa shape index (κ2) is 4.89. The third-order valence-electron chi connectivity index (χ3n) is 2.48. The van der Waals surface area contributed by atoms with Crippen LogP contribution in [0.5, 0.6) is 0 Å². The van der Waals surface area contributed by atoms with Crippen molar-refractivity contribution in [1.29, 1.82) is 0 Å². The van der Waals surface area contributed by atoms with Crippen molar-refractivity contribution in [3.8, 4) is 0 Å². The molecule has 1 aromatic rings. The lowest BCUT2D eigenvalue weighted by molar-refractivity contribution is 0.0729. The molecular formula is C10H11ClFNO3S. The Morgan fingerprint density at radius 2 is 1.94 bits per heavy atom. The lowest BCUT2D eigenvalue weighted by Crippen LogP contribution is -2.40. The number of ether oxygens (including phenoxy) is 1. The molecule has 0 saturated carbocycles. The van der Waals surface area contributed by atoms with Crippen LogP contribution in [0.2, 0.25) is 5.02 Å². The van der Waals surface area contributed by atoms with Crippen molar-refractivity contribution in [2.24, 2.45) is 0 Å². The minimum absolute atomic E-state index is 0.193. The van der Waals surface area contributed by atoms with Crippen LogP contribution in [0.25, 0.3) is 0 Å². The van der Waals surface area contributed by atoms with Crippen molar-refractivity contribution in [1.82, 2.24) is 4.31 Å². The quantitative estimate of drug-likeness (QED) is 0.824. The second-order valence-corrected chi connectivity index (χ2v) is 5.93. The fourth-order valence-corrected chi connectivity index (χ4v) is 3.34. The van der Waals surface area contributed by atoms with Crippen LogP contribution in [0, 0.1) is 5.82 Å². The van der Waals surface area contributed by atoms with Crippen molar-refractivity contribution < 1.29 is 17.5 Å². The summed E-state index contributed by atoms with van der Waals surface area (Å²) in [6.07, 6.45) is 0. The number of hydrogen-bond donors (Lipinski definition) is 0. The smallest absolute Gasteiger partial charge is 0.246 e. The van der Waals surface area contributed by atoms with E-state index in [1.807, 2.05) is 0 Å². The summed E-state index contributed by atoms with van der Waals surface area (Å²) in [5, 5.41) is 0.193. The molecule has 1 fully saturated rings. The lowest BCUT2D eigenvalue weighted by Gasteiger charge is -2.26. The zero-order chi connectivity index (χ0) is 12.5. The lowest BCUT2D eigenvalue weighted by atomic mass is 10.3. The SMILES string of the molecule is O=S(=O)(c1cc(Cl)ccc1F)N1CCOCC1. The number of hydrogen-bond acceptors (Lipinski definition) is 3. The van der Waals surface area contributed by atoms with Gasteiger partial charge in [-0.15, -0.1) is 0 Å². The molecule has 0 spiro atoms. The Morgan fingerprint density at radius 3 is 2.59 bits per heavy atom. The molecule has 2 rings (SSSR count). The maximum Gasteiger partial charge on any atom is 0.246 e. The van der Waals surface area contributed by atoms with Crippen molar-refractivity contribution >= 4 is 21.6 Å². The van der Waals surface area contributed by atoms with Crippen LogP contribution < -0.4 is 0 Å². The molecule has 0 aromatic heterocycles. The van der Waals surface area contributed by atoms with Gasteiger partial charge in [0.2, 0.25) is 10.0 Å². The van der Waals surface area contributed by atoms with E-state index in [-0.39, 0.29) is 23.0 Å². The molecule has 0 aliphatic carbocycles. The van der Waals surface area contributed by atoms with Crippen LogP contribution in [0.4, 0.5) is 4.39 Å². The van der Waals surface area contributed by atoms with Gasteiger partial charge in [-0.05, 0) is 18.2 Å².